The van der Waals surface area contributed by atoms with Crippen LogP contribution < -0.4 is 3.53 Å². The van der Waals surface area contributed by atoms with Gasteiger partial charge in [0, 0.05) is 29.7 Å². The number of hydrogen-bond acceptors (Lipinski definition) is 3. The van der Waals surface area contributed by atoms with Crippen molar-refractivity contribution < 1.29 is 0 Å². The number of halogens is 1. The van der Waals surface area contributed by atoms with Gasteiger partial charge in [0.2, 0.25) is 0 Å². The van der Waals surface area contributed by atoms with Crippen LogP contribution in [0.2, 0.25) is 0 Å². The van der Waals surface area contributed by atoms with Crippen molar-refractivity contribution in [3.05, 3.63) is 48.3 Å². The summed E-state index contributed by atoms with van der Waals surface area (Å²) in [7, 11) is 0. The first kappa shape index (κ1) is 11.1. The summed E-state index contributed by atoms with van der Waals surface area (Å²) in [4.78, 5) is 4.08. The summed E-state index contributed by atoms with van der Waals surface area (Å²) in [6, 6.07) is 9.88. The van der Waals surface area contributed by atoms with Gasteiger partial charge in [-0.15, -0.1) is 0 Å². The second-order valence-corrected chi connectivity index (χ2v) is 3.82. The molecule has 0 radical (unpaired) electrons. The summed E-state index contributed by atoms with van der Waals surface area (Å²) in [5, 5.41) is 7.36. The molecule has 80 valence electrons. The van der Waals surface area contributed by atoms with Gasteiger partial charge in [-0.05, 0) is 23.8 Å². The zero-order chi connectivity index (χ0) is 11.4. The molecule has 2 rings (SSSR count). The maximum atomic E-state index is 7.36. The molecule has 1 aromatic carbocycles. The van der Waals surface area contributed by atoms with Gasteiger partial charge in [0.1, 0.15) is 0 Å². The lowest BCUT2D eigenvalue weighted by Gasteiger charge is -2.06. The number of anilines is 1. The van der Waals surface area contributed by atoms with E-state index in [4.69, 9.17) is 5.41 Å². The summed E-state index contributed by atoms with van der Waals surface area (Å²) >= 11 is 2.06. The van der Waals surface area contributed by atoms with Crippen molar-refractivity contribution >= 4 is 34.8 Å². The van der Waals surface area contributed by atoms with Crippen LogP contribution in [-0.4, -0.2) is 11.2 Å². The van der Waals surface area contributed by atoms with Gasteiger partial charge >= 0.3 is 0 Å². The summed E-state index contributed by atoms with van der Waals surface area (Å²) in [6.45, 7) is 0. The smallest absolute Gasteiger partial charge is 0.0560 e. The number of hydrogen-bond donors (Lipinski definition) is 2. The molecular formula is C12H10IN3. The minimum absolute atomic E-state index is 0.871. The molecule has 0 saturated heterocycles. The first-order valence-electron chi connectivity index (χ1n) is 4.76. The molecule has 16 heavy (non-hydrogen) atoms. The third kappa shape index (κ3) is 2.21. The molecule has 0 aliphatic carbocycles. The van der Waals surface area contributed by atoms with Crippen LogP contribution in [0, 0.1) is 5.41 Å². The van der Waals surface area contributed by atoms with Crippen LogP contribution in [0.4, 0.5) is 5.69 Å². The van der Waals surface area contributed by atoms with E-state index in [-0.39, 0.29) is 0 Å². The molecule has 1 aromatic heterocycles. The fourth-order valence-electron chi connectivity index (χ4n) is 1.48. The van der Waals surface area contributed by atoms with Gasteiger partial charge in [-0.1, -0.05) is 12.1 Å². The third-order valence-electron chi connectivity index (χ3n) is 2.30. The highest BCUT2D eigenvalue weighted by Gasteiger charge is 2.02. The van der Waals surface area contributed by atoms with Crippen molar-refractivity contribution in [2.75, 3.05) is 3.53 Å². The SMILES string of the molecule is N=Cc1cc(-c2cccnc2)ccc1NI. The van der Waals surface area contributed by atoms with E-state index < -0.39 is 0 Å². The van der Waals surface area contributed by atoms with E-state index in [1.54, 1.807) is 6.20 Å². The van der Waals surface area contributed by atoms with Crippen molar-refractivity contribution in [1.82, 2.24) is 4.98 Å². The molecule has 0 fully saturated rings. The van der Waals surface area contributed by atoms with Crippen molar-refractivity contribution in [3.63, 3.8) is 0 Å². The number of pyridine rings is 1. The van der Waals surface area contributed by atoms with Gasteiger partial charge in [-0.2, -0.15) is 0 Å². The maximum Gasteiger partial charge on any atom is 0.0560 e. The number of rotatable bonds is 3. The summed E-state index contributed by atoms with van der Waals surface area (Å²) in [6.07, 6.45) is 4.92. The average Bonchev–Trinajstić information content (AvgIpc) is 2.39. The highest BCUT2D eigenvalue weighted by Crippen LogP contribution is 2.24. The zero-order valence-electron chi connectivity index (χ0n) is 8.44. The van der Waals surface area contributed by atoms with Crippen molar-refractivity contribution in [3.8, 4) is 11.1 Å². The van der Waals surface area contributed by atoms with Crippen molar-refractivity contribution in [1.29, 1.82) is 5.41 Å². The highest BCUT2D eigenvalue weighted by molar-refractivity contribution is 14.1. The fraction of sp³-hybridized carbons (Fsp3) is 0. The van der Waals surface area contributed by atoms with Crippen LogP contribution in [0.15, 0.2) is 42.7 Å². The van der Waals surface area contributed by atoms with Gasteiger partial charge in [0.05, 0.1) is 28.6 Å². The summed E-state index contributed by atoms with van der Waals surface area (Å²) < 4.78 is 3.03. The second kappa shape index (κ2) is 5.07. The van der Waals surface area contributed by atoms with Gasteiger partial charge < -0.3 is 8.94 Å². The lowest BCUT2D eigenvalue weighted by molar-refractivity contribution is 1.33. The Morgan fingerprint density at radius 2 is 2.12 bits per heavy atom. The topological polar surface area (TPSA) is 48.8 Å². The van der Waals surface area contributed by atoms with Gasteiger partial charge in [0.25, 0.3) is 0 Å². The van der Waals surface area contributed by atoms with Crippen LogP contribution in [-0.2, 0) is 0 Å². The average molecular weight is 323 g/mol. The van der Waals surface area contributed by atoms with E-state index in [1.807, 2.05) is 36.5 Å². The molecule has 0 saturated carbocycles. The van der Waals surface area contributed by atoms with Crippen molar-refractivity contribution in [2.45, 2.75) is 0 Å². The molecule has 0 unspecified atom stereocenters. The Kier molecular flexibility index (Phi) is 3.51. The third-order valence-corrected chi connectivity index (χ3v) is 2.88. The van der Waals surface area contributed by atoms with Gasteiger partial charge in [-0.3, -0.25) is 4.98 Å². The molecule has 0 aliphatic heterocycles. The van der Waals surface area contributed by atoms with Crippen LogP contribution in [0.3, 0.4) is 0 Å². The maximum absolute atomic E-state index is 7.36. The Bertz CT molecular complexity index is 497. The molecule has 0 spiro atoms. The Morgan fingerprint density at radius 1 is 1.25 bits per heavy atom. The minimum atomic E-state index is 0.871. The fourth-order valence-corrected chi connectivity index (χ4v) is 1.97. The quantitative estimate of drug-likeness (QED) is 0.516. The molecule has 0 atom stereocenters. The van der Waals surface area contributed by atoms with Crippen LogP contribution in [0.25, 0.3) is 11.1 Å². The standard InChI is InChI=1S/C12H10IN3/c13-16-12-4-3-9(6-11(12)7-14)10-2-1-5-15-8-10/h1-8,14,16H. The monoisotopic (exact) mass is 323 g/mol. The molecular weight excluding hydrogens is 313 g/mol. The number of nitrogens with zero attached hydrogens (tertiary/aromatic N) is 1. The largest absolute Gasteiger partial charge is 0.328 e. The predicted molar refractivity (Wildman–Crippen MR) is 75.2 cm³/mol. The molecule has 0 aliphatic rings. The van der Waals surface area contributed by atoms with Crippen LogP contribution in [0.5, 0.6) is 0 Å². The van der Waals surface area contributed by atoms with E-state index in [0.29, 0.717) is 0 Å². The van der Waals surface area contributed by atoms with Gasteiger partial charge in [0.15, 0.2) is 0 Å². The molecule has 2 aromatic rings. The van der Waals surface area contributed by atoms with E-state index >= 15 is 0 Å². The Morgan fingerprint density at radius 3 is 2.75 bits per heavy atom. The Labute approximate surface area is 108 Å². The highest BCUT2D eigenvalue weighted by atomic mass is 127. The lowest BCUT2D eigenvalue weighted by Crippen LogP contribution is -1.90. The molecule has 3 nitrogen and oxygen atoms in total. The van der Waals surface area contributed by atoms with E-state index in [9.17, 15) is 0 Å². The lowest BCUT2D eigenvalue weighted by atomic mass is 10.0. The zero-order valence-corrected chi connectivity index (χ0v) is 10.6. The number of nitrogens with one attached hydrogen (secondary N) is 2. The minimum Gasteiger partial charge on any atom is -0.328 e. The number of benzene rings is 1. The van der Waals surface area contributed by atoms with Crippen LogP contribution >= 0.6 is 22.9 Å². The molecule has 0 bridgehead atoms. The second-order valence-electron chi connectivity index (χ2n) is 3.28. The number of aromatic nitrogens is 1. The molecule has 1 heterocycles. The first-order valence-corrected chi connectivity index (χ1v) is 5.84. The van der Waals surface area contributed by atoms with Gasteiger partial charge in [-0.25, -0.2) is 0 Å². The Hall–Kier alpha value is -1.43. The summed E-state index contributed by atoms with van der Waals surface area (Å²) in [5.74, 6) is 0. The summed E-state index contributed by atoms with van der Waals surface area (Å²) in [5.41, 5.74) is 3.95. The molecule has 4 heteroatoms. The Balaban J connectivity index is 2.48. The molecule has 2 N–H and O–H groups in total. The first-order chi connectivity index (χ1) is 7.85. The van der Waals surface area contributed by atoms with E-state index in [0.717, 1.165) is 22.4 Å². The van der Waals surface area contributed by atoms with Crippen LogP contribution in [0.1, 0.15) is 5.56 Å². The molecule has 0 amide bonds. The van der Waals surface area contributed by atoms with E-state index in [1.165, 1.54) is 6.21 Å². The van der Waals surface area contributed by atoms with Crippen molar-refractivity contribution in [2.24, 2.45) is 0 Å². The normalized spacial score (nSPS) is 9.81. The van der Waals surface area contributed by atoms with E-state index in [2.05, 4.69) is 31.4 Å². The predicted octanol–water partition coefficient (Wildman–Crippen LogP) is 3.51.